The van der Waals surface area contributed by atoms with E-state index in [9.17, 15) is 4.79 Å². The molecular weight excluding hydrogens is 417 g/mol. The number of nitrogens with two attached hydrogens (primary N) is 1. The number of primary amides is 1. The molecule has 1 amide bonds. The molecule has 0 bridgehead atoms. The van der Waals surface area contributed by atoms with Gasteiger partial charge in [0.05, 0.1) is 6.42 Å². The minimum Gasteiger partial charge on any atom is -0.369 e. The molecule has 3 N–H and O–H groups in total. The maximum Gasteiger partial charge on any atom is 0.221 e. The minimum absolute atomic E-state index is 0.149. The molecule has 0 aliphatic heterocycles. The number of benzene rings is 2. The van der Waals surface area contributed by atoms with E-state index in [1.165, 1.54) is 6.33 Å². The summed E-state index contributed by atoms with van der Waals surface area (Å²) < 4.78 is 15.3. The molecule has 0 atom stereocenters. The maximum absolute atomic E-state index is 15.3. The van der Waals surface area contributed by atoms with E-state index in [2.05, 4.69) is 15.3 Å². The summed E-state index contributed by atoms with van der Waals surface area (Å²) in [6.07, 6.45) is 3.56. The van der Waals surface area contributed by atoms with E-state index in [4.69, 9.17) is 17.3 Å². The predicted octanol–water partition coefficient (Wildman–Crippen LogP) is 4.08. The molecule has 1 fully saturated rings. The molecule has 6 nitrogen and oxygen atoms in total. The Morgan fingerprint density at radius 1 is 1.13 bits per heavy atom. The number of amides is 1. The van der Waals surface area contributed by atoms with Crippen LogP contribution in [0, 0.1) is 5.82 Å². The van der Waals surface area contributed by atoms with Gasteiger partial charge in [-0.3, -0.25) is 4.79 Å². The number of hydrogen-bond donors (Lipinski definition) is 2. The van der Waals surface area contributed by atoms with E-state index in [0.29, 0.717) is 18.1 Å². The van der Waals surface area contributed by atoms with Gasteiger partial charge in [0, 0.05) is 24.2 Å². The highest BCUT2D eigenvalue weighted by Crippen LogP contribution is 2.35. The van der Waals surface area contributed by atoms with Crippen molar-refractivity contribution in [1.82, 2.24) is 9.97 Å². The van der Waals surface area contributed by atoms with Gasteiger partial charge in [-0.25, -0.2) is 9.97 Å². The fourth-order valence-corrected chi connectivity index (χ4v) is 3.61. The van der Waals surface area contributed by atoms with E-state index >= 15 is 4.39 Å². The van der Waals surface area contributed by atoms with Crippen LogP contribution in [0.4, 0.5) is 16.0 Å². The Morgan fingerprint density at radius 3 is 2.52 bits per heavy atom. The Balaban J connectivity index is 1.49. The summed E-state index contributed by atoms with van der Waals surface area (Å²) in [4.78, 5) is 21.3. The van der Waals surface area contributed by atoms with Crippen LogP contribution in [0.5, 0.6) is 0 Å². The molecule has 1 aliphatic rings. The van der Waals surface area contributed by atoms with Gasteiger partial charge < -0.3 is 16.0 Å². The summed E-state index contributed by atoms with van der Waals surface area (Å²) in [7, 11) is 0. The Hall–Kier alpha value is -3.19. The molecule has 0 radical (unpaired) electrons. The number of nitrogens with zero attached hydrogens (tertiary/aromatic N) is 3. The third-order valence-electron chi connectivity index (χ3n) is 5.19. The van der Waals surface area contributed by atoms with Gasteiger partial charge in [-0.05, 0) is 35.6 Å². The quantitative estimate of drug-likeness (QED) is 0.525. The second-order valence-electron chi connectivity index (χ2n) is 7.62. The third-order valence-corrected chi connectivity index (χ3v) is 5.56. The van der Waals surface area contributed by atoms with Gasteiger partial charge in [0.15, 0.2) is 11.6 Å². The lowest BCUT2D eigenvalue weighted by Gasteiger charge is -2.25. The number of halogens is 2. The highest BCUT2D eigenvalue weighted by Gasteiger charge is 2.33. The summed E-state index contributed by atoms with van der Waals surface area (Å²) in [5, 5.41) is 3.70. The fraction of sp³-hybridized carbons (Fsp3) is 0.261. The van der Waals surface area contributed by atoms with Crippen LogP contribution in [-0.2, 0) is 24.3 Å². The monoisotopic (exact) mass is 439 g/mol. The van der Waals surface area contributed by atoms with Crippen molar-refractivity contribution in [2.24, 2.45) is 5.73 Å². The number of hydrogen-bond acceptors (Lipinski definition) is 5. The molecule has 0 spiro atoms. The minimum atomic E-state index is -0.480. The van der Waals surface area contributed by atoms with Gasteiger partial charge in [0.1, 0.15) is 6.33 Å². The topological polar surface area (TPSA) is 84.1 Å². The largest absolute Gasteiger partial charge is 0.369 e. The van der Waals surface area contributed by atoms with Gasteiger partial charge in [-0.1, -0.05) is 54.1 Å². The van der Waals surface area contributed by atoms with Crippen LogP contribution in [0.15, 0.2) is 54.9 Å². The molecule has 4 rings (SSSR count). The molecule has 0 unspecified atom stereocenters. The normalized spacial score (nSPS) is 13.1. The molecule has 0 saturated heterocycles. The SMILES string of the molecule is NC(=O)Cc1ccc(CNc2ncnc(N(Cc3ccccc3Cl)C3CC3)c2F)cc1. The maximum atomic E-state index is 15.3. The second-order valence-corrected chi connectivity index (χ2v) is 8.03. The van der Waals surface area contributed by atoms with Gasteiger partial charge in [-0.15, -0.1) is 0 Å². The van der Waals surface area contributed by atoms with Crippen molar-refractivity contribution in [2.75, 3.05) is 10.2 Å². The van der Waals surface area contributed by atoms with Gasteiger partial charge in [-0.2, -0.15) is 4.39 Å². The third kappa shape index (κ3) is 5.30. The van der Waals surface area contributed by atoms with Crippen LogP contribution in [0.25, 0.3) is 0 Å². The molecule has 3 aromatic rings. The Bertz CT molecular complexity index is 1070. The molecular formula is C23H23ClFN5O. The van der Waals surface area contributed by atoms with Crippen molar-refractivity contribution in [3.05, 3.63) is 82.4 Å². The average Bonchev–Trinajstić information content (AvgIpc) is 3.59. The highest BCUT2D eigenvalue weighted by atomic mass is 35.5. The molecule has 8 heteroatoms. The smallest absolute Gasteiger partial charge is 0.221 e. The van der Waals surface area contributed by atoms with E-state index in [1.54, 1.807) is 0 Å². The highest BCUT2D eigenvalue weighted by molar-refractivity contribution is 6.31. The summed E-state index contributed by atoms with van der Waals surface area (Å²) in [6, 6.07) is 15.2. The van der Waals surface area contributed by atoms with Crippen LogP contribution < -0.4 is 16.0 Å². The van der Waals surface area contributed by atoms with Gasteiger partial charge >= 0.3 is 0 Å². The molecule has 1 aromatic heterocycles. The Labute approximate surface area is 185 Å². The van der Waals surface area contributed by atoms with Crippen molar-refractivity contribution < 1.29 is 9.18 Å². The van der Waals surface area contributed by atoms with E-state index in [0.717, 1.165) is 29.5 Å². The number of anilines is 2. The Kier molecular flexibility index (Phi) is 6.32. The fourth-order valence-electron chi connectivity index (χ4n) is 3.42. The first-order chi connectivity index (χ1) is 15.0. The molecule has 31 heavy (non-hydrogen) atoms. The second kappa shape index (κ2) is 9.31. The zero-order chi connectivity index (χ0) is 21.8. The summed E-state index contributed by atoms with van der Waals surface area (Å²) in [5.74, 6) is -0.432. The van der Waals surface area contributed by atoms with Crippen molar-refractivity contribution in [3.63, 3.8) is 0 Å². The molecule has 1 saturated carbocycles. The summed E-state index contributed by atoms with van der Waals surface area (Å²) >= 11 is 6.32. The van der Waals surface area contributed by atoms with Crippen LogP contribution in [0.1, 0.15) is 29.5 Å². The van der Waals surface area contributed by atoms with Crippen LogP contribution in [0.2, 0.25) is 5.02 Å². The number of nitrogens with one attached hydrogen (secondary N) is 1. The van der Waals surface area contributed by atoms with E-state index < -0.39 is 5.82 Å². The molecule has 1 aliphatic carbocycles. The Morgan fingerprint density at radius 2 is 1.84 bits per heavy atom. The summed E-state index contributed by atoms with van der Waals surface area (Å²) in [6.45, 7) is 0.872. The zero-order valence-corrected chi connectivity index (χ0v) is 17.6. The lowest BCUT2D eigenvalue weighted by Crippen LogP contribution is -2.27. The van der Waals surface area contributed by atoms with Gasteiger partial charge in [0.2, 0.25) is 11.7 Å². The first-order valence-corrected chi connectivity index (χ1v) is 10.5. The molecule has 1 heterocycles. The van der Waals surface area contributed by atoms with Crippen molar-refractivity contribution >= 4 is 29.1 Å². The predicted molar refractivity (Wildman–Crippen MR) is 119 cm³/mol. The number of aromatic nitrogens is 2. The molecule has 160 valence electrons. The first-order valence-electron chi connectivity index (χ1n) is 10.1. The zero-order valence-electron chi connectivity index (χ0n) is 16.9. The van der Waals surface area contributed by atoms with Crippen molar-refractivity contribution in [3.8, 4) is 0 Å². The lowest BCUT2D eigenvalue weighted by molar-refractivity contribution is -0.117. The number of rotatable bonds is 9. The van der Waals surface area contributed by atoms with Gasteiger partial charge in [0.25, 0.3) is 0 Å². The van der Waals surface area contributed by atoms with Crippen LogP contribution >= 0.6 is 11.6 Å². The standard InChI is InChI=1S/C23H23ClFN5O/c24-19-4-2-1-3-17(19)13-30(18-9-10-18)23-21(25)22(28-14-29-23)27-12-16-7-5-15(6-8-16)11-20(26)31/h1-8,14,18H,9-13H2,(H2,26,31)(H,27,28,29). The first kappa shape index (κ1) is 21.1. The lowest BCUT2D eigenvalue weighted by atomic mass is 10.1. The van der Waals surface area contributed by atoms with Crippen LogP contribution in [0.3, 0.4) is 0 Å². The summed E-state index contributed by atoms with van der Waals surface area (Å²) in [5.41, 5.74) is 7.92. The van der Waals surface area contributed by atoms with Crippen LogP contribution in [-0.4, -0.2) is 21.9 Å². The van der Waals surface area contributed by atoms with Crippen molar-refractivity contribution in [2.45, 2.75) is 38.4 Å². The average molecular weight is 440 g/mol. The molecule has 2 aromatic carbocycles. The number of carbonyl (C=O) groups excluding carboxylic acids is 1. The van der Waals surface area contributed by atoms with E-state index in [1.807, 2.05) is 53.4 Å². The van der Waals surface area contributed by atoms with Crippen molar-refractivity contribution in [1.29, 1.82) is 0 Å². The number of carbonyl (C=O) groups is 1. The van der Waals surface area contributed by atoms with E-state index in [-0.39, 0.29) is 30.0 Å².